The van der Waals surface area contributed by atoms with Crippen LogP contribution in [0.4, 0.5) is 5.69 Å². The van der Waals surface area contributed by atoms with E-state index in [1.807, 2.05) is 12.1 Å². The zero-order valence-corrected chi connectivity index (χ0v) is 14.4. The van der Waals surface area contributed by atoms with Crippen LogP contribution in [0.3, 0.4) is 0 Å². The van der Waals surface area contributed by atoms with Gasteiger partial charge in [0.05, 0.1) is 5.56 Å². The fourth-order valence-electron chi connectivity index (χ4n) is 2.17. The van der Waals surface area contributed by atoms with E-state index in [9.17, 15) is 14.7 Å². The number of phenolic OH excluding ortho intramolecular Hbond substituents is 1. The molecular weight excluding hydrogens is 409 g/mol. The molecule has 0 aliphatic heterocycles. The summed E-state index contributed by atoms with van der Waals surface area (Å²) in [5.74, 6) is -1.31. The number of hydrogen-bond acceptors (Lipinski definition) is 3. The van der Waals surface area contributed by atoms with Crippen LogP contribution in [0.2, 0.25) is 0 Å². The lowest BCUT2D eigenvalue weighted by atomic mass is 10.1. The number of carboxylic acids is 1. The second-order valence-electron chi connectivity index (χ2n) is 5.02. The average Bonchev–Trinajstić information content (AvgIpc) is 2.51. The van der Waals surface area contributed by atoms with E-state index in [1.54, 1.807) is 24.3 Å². The summed E-state index contributed by atoms with van der Waals surface area (Å²) in [5, 5.41) is 21.3. The summed E-state index contributed by atoms with van der Waals surface area (Å²) in [6.45, 7) is 0. The van der Waals surface area contributed by atoms with Crippen molar-refractivity contribution in [1.29, 1.82) is 0 Å². The van der Waals surface area contributed by atoms with Gasteiger partial charge in [-0.2, -0.15) is 0 Å². The molecule has 120 valence electrons. The van der Waals surface area contributed by atoms with E-state index in [4.69, 9.17) is 5.11 Å². The maximum atomic E-state index is 12.4. The minimum absolute atomic E-state index is 0.0775. The molecule has 0 saturated heterocycles. The number of carbonyl (C=O) groups is 2. The quantitative estimate of drug-likeness (QED) is 0.617. The first-order valence-electron chi connectivity index (χ1n) is 7.07. The first-order valence-corrected chi connectivity index (χ1v) is 8.15. The molecule has 0 spiro atoms. The van der Waals surface area contributed by atoms with Crippen LogP contribution in [0.15, 0.2) is 42.5 Å². The van der Waals surface area contributed by atoms with E-state index in [-0.39, 0.29) is 17.7 Å². The molecule has 2 aromatic rings. The Bertz CT molecular complexity index is 730. The molecule has 0 heterocycles. The maximum Gasteiger partial charge on any atom is 0.303 e. The summed E-state index contributed by atoms with van der Waals surface area (Å²) in [5.41, 5.74) is 1.70. The summed E-state index contributed by atoms with van der Waals surface area (Å²) >= 11 is 2.07. The van der Waals surface area contributed by atoms with E-state index >= 15 is 0 Å². The van der Waals surface area contributed by atoms with Crippen LogP contribution < -0.4 is 5.32 Å². The molecule has 0 aliphatic rings. The second kappa shape index (κ2) is 7.96. The molecule has 5 nitrogen and oxygen atoms in total. The third-order valence-corrected chi connectivity index (χ3v) is 3.98. The molecule has 1 amide bonds. The van der Waals surface area contributed by atoms with Crippen molar-refractivity contribution in [2.24, 2.45) is 0 Å². The van der Waals surface area contributed by atoms with Crippen LogP contribution in [0.1, 0.15) is 28.8 Å². The monoisotopic (exact) mass is 425 g/mol. The van der Waals surface area contributed by atoms with Gasteiger partial charge in [-0.1, -0.05) is 18.2 Å². The number of phenols is 1. The van der Waals surface area contributed by atoms with E-state index < -0.39 is 11.9 Å². The van der Waals surface area contributed by atoms with Crippen molar-refractivity contribution in [3.05, 3.63) is 57.2 Å². The lowest BCUT2D eigenvalue weighted by Gasteiger charge is -2.11. The fraction of sp³-hybridized carbons (Fsp3) is 0.176. The van der Waals surface area contributed by atoms with Gasteiger partial charge >= 0.3 is 5.97 Å². The molecule has 0 aliphatic carbocycles. The molecule has 0 unspecified atom stereocenters. The maximum absolute atomic E-state index is 12.4. The molecule has 6 heteroatoms. The number of carbonyl (C=O) groups excluding carboxylic acids is 1. The van der Waals surface area contributed by atoms with E-state index in [0.29, 0.717) is 18.5 Å². The van der Waals surface area contributed by atoms with Gasteiger partial charge in [-0.25, -0.2) is 0 Å². The van der Waals surface area contributed by atoms with Crippen molar-refractivity contribution in [2.45, 2.75) is 19.3 Å². The summed E-state index contributed by atoms with van der Waals surface area (Å²) in [6, 6.07) is 12.1. The highest BCUT2D eigenvalue weighted by atomic mass is 127. The number of hydrogen-bond donors (Lipinski definition) is 3. The van der Waals surface area contributed by atoms with Crippen LogP contribution >= 0.6 is 22.6 Å². The van der Waals surface area contributed by atoms with Gasteiger partial charge in [0.25, 0.3) is 5.91 Å². The molecule has 3 N–H and O–H groups in total. The van der Waals surface area contributed by atoms with Gasteiger partial charge in [-0.05, 0) is 65.3 Å². The van der Waals surface area contributed by atoms with Gasteiger partial charge in [-0.15, -0.1) is 0 Å². The Balaban J connectivity index is 2.14. The molecule has 0 fully saturated rings. The number of benzene rings is 2. The van der Waals surface area contributed by atoms with Crippen LogP contribution in [-0.4, -0.2) is 22.1 Å². The number of aromatic hydroxyl groups is 1. The third kappa shape index (κ3) is 4.95. The molecule has 0 saturated carbocycles. The molecule has 2 aromatic carbocycles. The topological polar surface area (TPSA) is 86.6 Å². The van der Waals surface area contributed by atoms with Gasteiger partial charge in [-0.3, -0.25) is 9.59 Å². The lowest BCUT2D eigenvalue weighted by Crippen LogP contribution is -2.14. The zero-order chi connectivity index (χ0) is 16.8. The number of nitrogens with one attached hydrogen (secondary N) is 1. The fourth-order valence-corrected chi connectivity index (χ4v) is 2.66. The average molecular weight is 425 g/mol. The van der Waals surface area contributed by atoms with E-state index in [0.717, 1.165) is 9.13 Å². The standard InChI is InChI=1S/C17H16INO4/c18-12-8-9-15(20)13(10-12)17(23)19-14-6-2-1-4-11(14)5-3-7-16(21)22/h1-2,4,6,8-10,20H,3,5,7H2,(H,19,23)(H,21,22). The van der Waals surface area contributed by atoms with Gasteiger partial charge in [0.1, 0.15) is 5.75 Å². The van der Waals surface area contributed by atoms with Gasteiger partial charge < -0.3 is 15.5 Å². The smallest absolute Gasteiger partial charge is 0.303 e. The molecule has 0 atom stereocenters. The van der Waals surface area contributed by atoms with Gasteiger partial charge in [0.2, 0.25) is 0 Å². The number of amides is 1. The minimum Gasteiger partial charge on any atom is -0.507 e. The van der Waals surface area contributed by atoms with E-state index in [2.05, 4.69) is 27.9 Å². The number of aliphatic carboxylic acids is 1. The van der Waals surface area contributed by atoms with Crippen LogP contribution in [-0.2, 0) is 11.2 Å². The van der Waals surface area contributed by atoms with Crippen molar-refractivity contribution < 1.29 is 19.8 Å². The number of rotatable bonds is 6. The van der Waals surface area contributed by atoms with Gasteiger partial charge in [0, 0.05) is 15.7 Å². The van der Waals surface area contributed by atoms with Gasteiger partial charge in [0.15, 0.2) is 0 Å². The minimum atomic E-state index is -0.838. The predicted molar refractivity (Wildman–Crippen MR) is 95.8 cm³/mol. The van der Waals surface area contributed by atoms with Crippen molar-refractivity contribution in [1.82, 2.24) is 0 Å². The Morgan fingerprint density at radius 1 is 1.13 bits per heavy atom. The summed E-state index contributed by atoms with van der Waals surface area (Å²) in [7, 11) is 0. The Hall–Kier alpha value is -2.09. The predicted octanol–water partition coefficient (Wildman–Crippen LogP) is 3.66. The number of halogens is 1. The molecule has 0 bridgehead atoms. The Morgan fingerprint density at radius 2 is 1.87 bits per heavy atom. The third-order valence-electron chi connectivity index (χ3n) is 3.31. The second-order valence-corrected chi connectivity index (χ2v) is 6.27. The van der Waals surface area contributed by atoms with Crippen molar-refractivity contribution in [2.75, 3.05) is 5.32 Å². The number of carboxylic acid groups (broad SMARTS) is 1. The molecule has 0 radical (unpaired) electrons. The first kappa shape index (κ1) is 17.3. The van der Waals surface area contributed by atoms with Crippen molar-refractivity contribution >= 4 is 40.2 Å². The Kier molecular flexibility index (Phi) is 5.97. The van der Waals surface area contributed by atoms with E-state index in [1.165, 1.54) is 6.07 Å². The molecule has 2 rings (SSSR count). The van der Waals surface area contributed by atoms with Crippen LogP contribution in [0, 0.1) is 3.57 Å². The highest BCUT2D eigenvalue weighted by molar-refractivity contribution is 14.1. The van der Waals surface area contributed by atoms with Crippen molar-refractivity contribution in [3.63, 3.8) is 0 Å². The summed E-state index contributed by atoms with van der Waals surface area (Å²) in [4.78, 5) is 23.0. The Labute approximate surface area is 147 Å². The highest BCUT2D eigenvalue weighted by Gasteiger charge is 2.13. The summed E-state index contributed by atoms with van der Waals surface area (Å²) < 4.78 is 0.847. The largest absolute Gasteiger partial charge is 0.507 e. The van der Waals surface area contributed by atoms with Crippen molar-refractivity contribution in [3.8, 4) is 5.75 Å². The molecule has 0 aromatic heterocycles. The first-order chi connectivity index (χ1) is 11.0. The molecule has 23 heavy (non-hydrogen) atoms. The number of para-hydroxylation sites is 1. The molecular formula is C17H16INO4. The SMILES string of the molecule is O=C(O)CCCc1ccccc1NC(=O)c1cc(I)ccc1O. The zero-order valence-electron chi connectivity index (χ0n) is 12.3. The summed E-state index contributed by atoms with van der Waals surface area (Å²) in [6.07, 6.45) is 1.14. The Morgan fingerprint density at radius 3 is 2.61 bits per heavy atom. The number of anilines is 1. The van der Waals surface area contributed by atoms with Crippen LogP contribution in [0.5, 0.6) is 5.75 Å². The lowest BCUT2D eigenvalue weighted by molar-refractivity contribution is -0.137. The normalized spacial score (nSPS) is 10.3. The number of aryl methyl sites for hydroxylation is 1. The van der Waals surface area contributed by atoms with Crippen LogP contribution in [0.25, 0.3) is 0 Å². The highest BCUT2D eigenvalue weighted by Crippen LogP contribution is 2.23.